The summed E-state index contributed by atoms with van der Waals surface area (Å²) in [6, 6.07) is 17.9. The van der Waals surface area contributed by atoms with Crippen LogP contribution in [0.3, 0.4) is 0 Å². The van der Waals surface area contributed by atoms with Crippen LogP contribution in [-0.2, 0) is 19.1 Å². The number of fused-ring (bicyclic) bond motifs is 2. The van der Waals surface area contributed by atoms with Crippen molar-refractivity contribution < 1.29 is 19.1 Å². The molecule has 0 spiro atoms. The third kappa shape index (κ3) is 8.64. The van der Waals surface area contributed by atoms with Crippen molar-refractivity contribution in [3.63, 3.8) is 0 Å². The van der Waals surface area contributed by atoms with Crippen LogP contribution in [0.15, 0.2) is 108 Å². The normalized spacial score (nSPS) is 20.8. The number of nitrogens with one attached hydrogen (secondary N) is 2. The predicted octanol–water partition coefficient (Wildman–Crippen LogP) is 9.33. The molecule has 3 aromatic heterocycles. The van der Waals surface area contributed by atoms with Crippen molar-refractivity contribution in [1.82, 2.24) is 34.3 Å². The summed E-state index contributed by atoms with van der Waals surface area (Å²) in [6.07, 6.45) is 10.7. The van der Waals surface area contributed by atoms with Gasteiger partial charge in [-0.25, -0.2) is 9.36 Å². The zero-order valence-electron chi connectivity index (χ0n) is 33.8. The molecule has 318 valence electrons. The molecule has 4 aliphatic rings. The highest BCUT2D eigenvalue weighted by Gasteiger charge is 2.40. The van der Waals surface area contributed by atoms with Crippen molar-refractivity contribution in [2.45, 2.75) is 63.7 Å². The van der Waals surface area contributed by atoms with Crippen LogP contribution in [0, 0.1) is 0 Å². The zero-order valence-corrected chi connectivity index (χ0v) is 36.8. The number of nitrogens with zero attached hydrogens (tertiary/aromatic N) is 7. The van der Waals surface area contributed by atoms with Gasteiger partial charge in [0.05, 0.1) is 62.3 Å². The first-order valence-electron chi connectivity index (χ1n) is 20.1. The van der Waals surface area contributed by atoms with E-state index in [1.165, 1.54) is 0 Å². The van der Waals surface area contributed by atoms with Gasteiger partial charge in [0.25, 0.3) is 11.8 Å². The maximum Gasteiger partial charge on any atom is 0.254 e. The number of hydrogen-bond donors (Lipinski definition) is 2. The highest BCUT2D eigenvalue weighted by atomic mass is 35.5. The Labute approximate surface area is 374 Å². The number of anilines is 2. The Morgan fingerprint density at radius 2 is 1.20 bits per heavy atom. The minimum atomic E-state index is -0.403. The van der Waals surface area contributed by atoms with Gasteiger partial charge in [-0.05, 0) is 92.6 Å². The van der Waals surface area contributed by atoms with Crippen molar-refractivity contribution in [3.8, 4) is 0 Å². The lowest BCUT2D eigenvalue weighted by atomic mass is 9.93. The molecule has 13 nitrogen and oxygen atoms in total. The van der Waals surface area contributed by atoms with Gasteiger partial charge in [-0.3, -0.25) is 14.6 Å². The number of allylic oxidation sites excluding steroid dienone is 2. The molecule has 0 saturated carbocycles. The summed E-state index contributed by atoms with van der Waals surface area (Å²) in [7, 11) is 1.59. The van der Waals surface area contributed by atoms with Crippen LogP contribution in [0.1, 0.15) is 74.3 Å². The molecule has 9 rings (SSSR count). The van der Waals surface area contributed by atoms with Crippen LogP contribution < -0.4 is 10.6 Å². The van der Waals surface area contributed by atoms with E-state index in [-0.39, 0.29) is 30.7 Å². The van der Waals surface area contributed by atoms with E-state index in [1.807, 2.05) is 75.5 Å². The average molecular weight is 906 g/mol. The van der Waals surface area contributed by atoms with Gasteiger partial charge in [-0.2, -0.15) is 10.2 Å². The molecule has 2 fully saturated rings. The molecule has 2 aromatic carbocycles. The highest BCUT2D eigenvalue weighted by Crippen LogP contribution is 2.42. The summed E-state index contributed by atoms with van der Waals surface area (Å²) < 4.78 is 14.2. The van der Waals surface area contributed by atoms with Crippen LogP contribution in [0.5, 0.6) is 0 Å². The predicted molar refractivity (Wildman–Crippen MR) is 237 cm³/mol. The van der Waals surface area contributed by atoms with E-state index in [9.17, 15) is 9.59 Å². The highest BCUT2D eigenvalue weighted by molar-refractivity contribution is 6.42. The quantitative estimate of drug-likeness (QED) is 0.110. The van der Waals surface area contributed by atoms with Crippen LogP contribution in [0.25, 0.3) is 0 Å². The molecule has 3 unspecified atom stereocenters. The Morgan fingerprint density at radius 3 is 1.74 bits per heavy atom. The summed E-state index contributed by atoms with van der Waals surface area (Å²) in [5, 5.41) is 17.5. The number of carbonyl (C=O) groups is 2. The summed E-state index contributed by atoms with van der Waals surface area (Å²) >= 11 is 24.9. The summed E-state index contributed by atoms with van der Waals surface area (Å²) in [4.78, 5) is 35.7. The van der Waals surface area contributed by atoms with E-state index < -0.39 is 12.1 Å². The van der Waals surface area contributed by atoms with Crippen molar-refractivity contribution in [1.29, 1.82) is 0 Å². The molecular formula is C44H45Cl4N9O4. The monoisotopic (exact) mass is 903 g/mol. The molecule has 61 heavy (non-hydrogen) atoms. The zero-order chi connectivity index (χ0) is 42.8. The fourth-order valence-electron chi connectivity index (χ4n) is 8.74. The third-order valence-corrected chi connectivity index (χ3v) is 13.0. The van der Waals surface area contributed by atoms with Gasteiger partial charge in [0.1, 0.15) is 30.5 Å². The Bertz CT molecular complexity index is 2490. The standard InChI is InChI=1S/C23H21Cl2N5O.C21H24Cl2N4O3/c1-14-21(23(31)29-12-2-3-19(29)15-6-9-26-10-7-15)22(30-20(28-14)8-11-27-30)16-4-5-17(24)18(25)13-16;1-13-19(21(28)26-9-3-4-15(26)11-30-12-29-2)20(27-18(25-13)7-8-24-27)14-5-6-16(22)17(23)10-14/h4-11,13,19,22,28H,2-3,12H2,1H3;5-8,10,15,20,25H,3-4,9,11-12H2,1-2H3/t;15-,20?/m.0/s1. The van der Waals surface area contributed by atoms with E-state index in [4.69, 9.17) is 55.9 Å². The van der Waals surface area contributed by atoms with Crippen LogP contribution in [0.4, 0.5) is 11.6 Å². The number of carbonyl (C=O) groups excluding carboxylic acids is 2. The van der Waals surface area contributed by atoms with Gasteiger partial charge in [0.2, 0.25) is 0 Å². The smallest absolute Gasteiger partial charge is 0.254 e. The molecular weight excluding hydrogens is 860 g/mol. The maximum atomic E-state index is 14.0. The number of rotatable bonds is 9. The second-order valence-corrected chi connectivity index (χ2v) is 16.9. The lowest BCUT2D eigenvalue weighted by Crippen LogP contribution is -2.42. The second kappa shape index (κ2) is 18.6. The number of likely N-dealkylation sites (tertiary alicyclic amines) is 2. The van der Waals surface area contributed by atoms with E-state index in [0.29, 0.717) is 50.9 Å². The Balaban J connectivity index is 0.000000169. The van der Waals surface area contributed by atoms with Crippen LogP contribution >= 0.6 is 46.4 Å². The van der Waals surface area contributed by atoms with Crippen molar-refractivity contribution in [2.24, 2.45) is 0 Å². The minimum Gasteiger partial charge on any atom is -0.359 e. The summed E-state index contributed by atoms with van der Waals surface area (Å²) in [6.45, 7) is 5.92. The number of benzene rings is 2. The number of pyridine rings is 1. The number of amides is 2. The fourth-order valence-corrected chi connectivity index (χ4v) is 9.36. The average Bonchev–Trinajstić information content (AvgIpc) is 4.10. The number of methoxy groups -OCH3 is 1. The van der Waals surface area contributed by atoms with Crippen molar-refractivity contribution in [3.05, 3.63) is 145 Å². The first-order chi connectivity index (χ1) is 29.5. The number of hydrogen-bond acceptors (Lipinski definition) is 9. The van der Waals surface area contributed by atoms with Crippen molar-refractivity contribution in [2.75, 3.05) is 44.2 Å². The van der Waals surface area contributed by atoms with Crippen LogP contribution in [-0.4, -0.2) is 85.8 Å². The molecule has 0 radical (unpaired) electrons. The summed E-state index contributed by atoms with van der Waals surface area (Å²) in [5.74, 6) is 1.63. The van der Waals surface area contributed by atoms with E-state index in [0.717, 1.165) is 65.4 Å². The maximum absolute atomic E-state index is 14.0. The van der Waals surface area contributed by atoms with E-state index in [1.54, 1.807) is 50.1 Å². The van der Waals surface area contributed by atoms with Crippen molar-refractivity contribution >= 4 is 69.9 Å². The Morgan fingerprint density at radius 1 is 0.672 bits per heavy atom. The molecule has 2 amide bonds. The van der Waals surface area contributed by atoms with E-state index >= 15 is 0 Å². The van der Waals surface area contributed by atoms with Gasteiger partial charge >= 0.3 is 0 Å². The molecule has 4 aliphatic heterocycles. The van der Waals surface area contributed by atoms with Crippen LogP contribution in [0.2, 0.25) is 20.1 Å². The molecule has 7 heterocycles. The lowest BCUT2D eigenvalue weighted by Gasteiger charge is -2.34. The van der Waals surface area contributed by atoms with Gasteiger partial charge in [0, 0.05) is 56.1 Å². The Hall–Kier alpha value is -4.89. The number of aromatic nitrogens is 5. The topological polar surface area (TPSA) is 132 Å². The lowest BCUT2D eigenvalue weighted by molar-refractivity contribution is -0.131. The first kappa shape index (κ1) is 42.8. The Kier molecular flexibility index (Phi) is 13.1. The van der Waals surface area contributed by atoms with Gasteiger partial charge < -0.3 is 29.9 Å². The third-order valence-electron chi connectivity index (χ3n) is 11.5. The minimum absolute atomic E-state index is 0.00142. The SMILES string of the molecule is CC1=C(C(=O)N2CCCC2c2ccncc2)C(c2ccc(Cl)c(Cl)c2)n2nccc2N1.COCOC[C@@H]1CCCN1C(=O)C1=C(C)Nc2ccnn2C1c1ccc(Cl)c(Cl)c1. The second-order valence-electron chi connectivity index (χ2n) is 15.3. The molecule has 17 heteroatoms. The first-order valence-corrected chi connectivity index (χ1v) is 21.6. The van der Waals surface area contributed by atoms with E-state index in [2.05, 4.69) is 25.8 Å². The fraction of sp³-hybridized carbons (Fsp3) is 0.341. The molecule has 0 aliphatic carbocycles. The number of ether oxygens (including phenoxy) is 2. The largest absolute Gasteiger partial charge is 0.359 e. The molecule has 4 atom stereocenters. The van der Waals surface area contributed by atoms with Gasteiger partial charge in [-0.1, -0.05) is 58.5 Å². The molecule has 2 saturated heterocycles. The molecule has 0 bridgehead atoms. The number of halogens is 4. The van der Waals surface area contributed by atoms with Gasteiger partial charge in [0.15, 0.2) is 0 Å². The summed E-state index contributed by atoms with van der Waals surface area (Å²) in [5.41, 5.74) is 5.74. The van der Waals surface area contributed by atoms with Gasteiger partial charge in [-0.15, -0.1) is 0 Å². The molecule has 5 aromatic rings. The molecule has 2 N–H and O–H groups in total.